The third kappa shape index (κ3) is 3.83. The monoisotopic (exact) mass is 493 g/mol. The van der Waals surface area contributed by atoms with E-state index in [0.717, 1.165) is 14.3 Å². The largest absolute Gasteiger partial charge is 0.333 e. The van der Waals surface area contributed by atoms with E-state index in [-0.39, 0.29) is 10.8 Å². The highest BCUT2D eigenvalue weighted by atomic mass is 79.9. The van der Waals surface area contributed by atoms with Crippen molar-refractivity contribution >= 4 is 43.0 Å². The van der Waals surface area contributed by atoms with E-state index in [0.29, 0.717) is 16.4 Å². The molecule has 0 spiro atoms. The average molecular weight is 494 g/mol. The van der Waals surface area contributed by atoms with E-state index in [2.05, 4.69) is 26.1 Å². The zero-order chi connectivity index (χ0) is 20.6. The molecule has 6 nitrogen and oxygen atoms in total. The molecule has 2 aromatic carbocycles. The maximum atomic E-state index is 13.2. The predicted molar refractivity (Wildman–Crippen MR) is 113 cm³/mol. The van der Waals surface area contributed by atoms with Crippen LogP contribution in [0.2, 0.25) is 0 Å². The van der Waals surface area contributed by atoms with E-state index >= 15 is 0 Å². The van der Waals surface area contributed by atoms with E-state index in [1.807, 2.05) is 24.3 Å². The summed E-state index contributed by atoms with van der Waals surface area (Å²) in [5.41, 5.74) is 1.07. The molecule has 29 heavy (non-hydrogen) atoms. The minimum absolute atomic E-state index is 0.0405. The van der Waals surface area contributed by atoms with Gasteiger partial charge < -0.3 is 4.52 Å². The Balaban J connectivity index is 1.71. The van der Waals surface area contributed by atoms with Crippen molar-refractivity contribution in [2.75, 3.05) is 11.4 Å². The molecule has 0 saturated carbocycles. The number of rotatable bonds is 5. The molecule has 0 amide bonds. The van der Waals surface area contributed by atoms with Crippen molar-refractivity contribution in [2.24, 2.45) is 0 Å². The van der Waals surface area contributed by atoms with Crippen molar-refractivity contribution in [3.63, 3.8) is 0 Å². The van der Waals surface area contributed by atoms with E-state index in [1.54, 1.807) is 5.38 Å². The van der Waals surface area contributed by atoms with Gasteiger partial charge in [-0.15, -0.1) is 11.3 Å². The Morgan fingerprint density at radius 3 is 2.62 bits per heavy atom. The second-order valence-electron chi connectivity index (χ2n) is 6.00. The molecule has 0 aliphatic heterocycles. The van der Waals surface area contributed by atoms with E-state index in [4.69, 9.17) is 4.52 Å². The number of sulfonamides is 1. The van der Waals surface area contributed by atoms with Crippen LogP contribution in [0.4, 0.5) is 10.1 Å². The van der Waals surface area contributed by atoms with Gasteiger partial charge in [-0.2, -0.15) is 4.98 Å². The molecule has 0 unspecified atom stereocenters. The topological polar surface area (TPSA) is 76.3 Å². The molecule has 4 rings (SSSR count). The Kier molecular flexibility index (Phi) is 5.24. The van der Waals surface area contributed by atoms with E-state index in [1.165, 1.54) is 48.7 Å². The van der Waals surface area contributed by atoms with Crippen molar-refractivity contribution in [1.29, 1.82) is 0 Å². The summed E-state index contributed by atoms with van der Waals surface area (Å²) in [7, 11) is -2.51. The van der Waals surface area contributed by atoms with Crippen LogP contribution in [0, 0.1) is 5.82 Å². The van der Waals surface area contributed by atoms with Gasteiger partial charge in [0.25, 0.3) is 15.9 Å². The van der Waals surface area contributed by atoms with Crippen LogP contribution in [0.15, 0.2) is 73.9 Å². The van der Waals surface area contributed by atoms with Gasteiger partial charge in [0.2, 0.25) is 5.82 Å². The van der Waals surface area contributed by atoms with Crippen LogP contribution in [-0.4, -0.2) is 25.6 Å². The molecule has 148 valence electrons. The Morgan fingerprint density at radius 1 is 1.14 bits per heavy atom. The molecule has 2 aromatic heterocycles. The van der Waals surface area contributed by atoms with Gasteiger partial charge in [-0.3, -0.25) is 4.31 Å². The first-order valence-electron chi connectivity index (χ1n) is 8.28. The summed E-state index contributed by atoms with van der Waals surface area (Å²) in [6.45, 7) is 0. The van der Waals surface area contributed by atoms with Gasteiger partial charge in [-0.1, -0.05) is 33.2 Å². The fourth-order valence-corrected chi connectivity index (χ4v) is 5.56. The SMILES string of the molecule is CN(c1ccc(F)cc1)S(=O)(=O)c1ccsc1-c1nc(-c2cccc(Br)c2)no1. The van der Waals surface area contributed by atoms with Crippen molar-refractivity contribution in [3.05, 3.63) is 70.3 Å². The quantitative estimate of drug-likeness (QED) is 0.382. The summed E-state index contributed by atoms with van der Waals surface area (Å²) in [4.78, 5) is 4.74. The standard InChI is InChI=1S/C19H13BrFN3O3S2/c1-24(15-7-5-14(21)6-8-15)29(25,26)16-9-10-28-17(16)19-22-18(23-27-19)12-3-2-4-13(20)11-12/h2-11H,1H3. The number of hydrogen-bond donors (Lipinski definition) is 0. The van der Waals surface area contributed by atoms with E-state index in [9.17, 15) is 12.8 Å². The lowest BCUT2D eigenvalue weighted by molar-refractivity contribution is 0.432. The maximum absolute atomic E-state index is 13.2. The second kappa shape index (κ2) is 7.69. The van der Waals surface area contributed by atoms with Gasteiger partial charge >= 0.3 is 0 Å². The van der Waals surface area contributed by atoms with Crippen LogP contribution in [0.3, 0.4) is 0 Å². The third-order valence-electron chi connectivity index (χ3n) is 4.16. The van der Waals surface area contributed by atoms with Crippen molar-refractivity contribution < 1.29 is 17.3 Å². The second-order valence-corrected chi connectivity index (χ2v) is 9.77. The maximum Gasteiger partial charge on any atom is 0.269 e. The van der Waals surface area contributed by atoms with Gasteiger partial charge in [0, 0.05) is 17.1 Å². The molecule has 4 aromatic rings. The summed E-state index contributed by atoms with van der Waals surface area (Å²) in [6, 6.07) is 14.1. The van der Waals surface area contributed by atoms with Crippen LogP contribution < -0.4 is 4.31 Å². The Labute approximate surface area is 178 Å². The van der Waals surface area contributed by atoms with Crippen LogP contribution >= 0.6 is 27.3 Å². The number of hydrogen-bond acceptors (Lipinski definition) is 6. The van der Waals surface area contributed by atoms with E-state index < -0.39 is 15.8 Å². The molecule has 0 fully saturated rings. The minimum atomic E-state index is -3.92. The molecular formula is C19H13BrFN3O3S2. The van der Waals surface area contributed by atoms with Gasteiger partial charge in [0.1, 0.15) is 15.6 Å². The molecular weight excluding hydrogens is 481 g/mol. The zero-order valence-corrected chi connectivity index (χ0v) is 18.1. The normalized spacial score (nSPS) is 11.6. The van der Waals surface area contributed by atoms with Crippen molar-refractivity contribution in [2.45, 2.75) is 4.90 Å². The van der Waals surface area contributed by atoms with Crippen molar-refractivity contribution in [3.8, 4) is 22.2 Å². The molecule has 0 bridgehead atoms. The van der Waals surface area contributed by atoms with Crippen LogP contribution in [0.5, 0.6) is 0 Å². The van der Waals surface area contributed by atoms with Gasteiger partial charge in [-0.25, -0.2) is 12.8 Å². The fourth-order valence-electron chi connectivity index (χ4n) is 2.65. The molecule has 2 heterocycles. The highest BCUT2D eigenvalue weighted by Crippen LogP contribution is 2.35. The first kappa shape index (κ1) is 19.7. The first-order chi connectivity index (χ1) is 13.9. The predicted octanol–water partition coefficient (Wildman–Crippen LogP) is 5.19. The number of aromatic nitrogens is 2. The van der Waals surface area contributed by atoms with Gasteiger partial charge in [0.05, 0.1) is 5.69 Å². The van der Waals surface area contributed by atoms with Crippen LogP contribution in [0.25, 0.3) is 22.2 Å². The van der Waals surface area contributed by atoms with Crippen molar-refractivity contribution in [1.82, 2.24) is 10.1 Å². The number of thiophene rings is 1. The summed E-state index contributed by atoms with van der Waals surface area (Å²) in [6.07, 6.45) is 0. The summed E-state index contributed by atoms with van der Waals surface area (Å²) in [5.74, 6) is 0.0210. The lowest BCUT2D eigenvalue weighted by Gasteiger charge is -2.19. The molecule has 0 radical (unpaired) electrons. The van der Waals surface area contributed by atoms with Gasteiger partial charge in [0.15, 0.2) is 0 Å². The molecule has 0 saturated heterocycles. The summed E-state index contributed by atoms with van der Waals surface area (Å²) in [5, 5.41) is 5.61. The summed E-state index contributed by atoms with van der Waals surface area (Å²) < 4.78 is 46.7. The lowest BCUT2D eigenvalue weighted by atomic mass is 10.2. The smallest absolute Gasteiger partial charge is 0.269 e. The van der Waals surface area contributed by atoms with Gasteiger partial charge in [-0.05, 0) is 47.8 Å². The minimum Gasteiger partial charge on any atom is -0.333 e. The highest BCUT2D eigenvalue weighted by Gasteiger charge is 2.28. The Bertz CT molecular complexity index is 1270. The third-order valence-corrected chi connectivity index (χ3v) is 7.51. The molecule has 10 heteroatoms. The highest BCUT2D eigenvalue weighted by molar-refractivity contribution is 9.10. The molecule has 0 N–H and O–H groups in total. The number of anilines is 1. The fraction of sp³-hybridized carbons (Fsp3) is 0.0526. The number of benzene rings is 2. The Hall–Kier alpha value is -2.56. The summed E-state index contributed by atoms with van der Waals surface area (Å²) >= 11 is 4.58. The molecule has 0 aliphatic carbocycles. The first-order valence-corrected chi connectivity index (χ1v) is 11.4. The molecule has 0 atom stereocenters. The lowest BCUT2D eigenvalue weighted by Crippen LogP contribution is -2.26. The average Bonchev–Trinajstić information content (AvgIpc) is 3.37. The number of nitrogens with zero attached hydrogens (tertiary/aromatic N) is 3. The Morgan fingerprint density at radius 2 is 1.90 bits per heavy atom. The molecule has 0 aliphatic rings. The van der Waals surface area contributed by atoms with Crippen LogP contribution in [-0.2, 0) is 10.0 Å². The number of halogens is 2. The van der Waals surface area contributed by atoms with Crippen LogP contribution in [0.1, 0.15) is 0 Å². The zero-order valence-electron chi connectivity index (χ0n) is 14.9.